The van der Waals surface area contributed by atoms with Crippen molar-refractivity contribution in [2.75, 3.05) is 16.8 Å². The molecule has 3 aromatic carbocycles. The van der Waals surface area contributed by atoms with E-state index >= 15 is 0 Å². The number of nitrogens with one attached hydrogen (secondary N) is 1. The number of benzene rings is 3. The summed E-state index contributed by atoms with van der Waals surface area (Å²) < 4.78 is 0. The number of carbonyl (C=O) groups excluding carboxylic acids is 2. The first-order valence-electron chi connectivity index (χ1n) is 11.2. The number of carbonyl (C=O) groups is 2. The first kappa shape index (κ1) is 22.0. The van der Waals surface area contributed by atoms with Gasteiger partial charge in [0.2, 0.25) is 11.0 Å². The van der Waals surface area contributed by atoms with E-state index < -0.39 is 0 Å². The van der Waals surface area contributed by atoms with Gasteiger partial charge in [-0.25, -0.2) is 0 Å². The van der Waals surface area contributed by atoms with E-state index in [1.165, 1.54) is 16.9 Å². The van der Waals surface area contributed by atoms with E-state index in [9.17, 15) is 9.59 Å². The molecule has 5 rings (SSSR count). The molecule has 1 aromatic heterocycles. The number of hydrogen-bond donors (Lipinski definition) is 1. The summed E-state index contributed by atoms with van der Waals surface area (Å²) in [4.78, 5) is 27.2. The number of nitrogens with zero attached hydrogens (tertiary/aromatic N) is 3. The maximum atomic E-state index is 12.7. The summed E-state index contributed by atoms with van der Waals surface area (Å²) in [5.41, 5.74) is 5.97. The molecule has 0 radical (unpaired) electrons. The maximum absolute atomic E-state index is 12.7. The Labute approximate surface area is 202 Å². The summed E-state index contributed by atoms with van der Waals surface area (Å²) in [5, 5.41) is 12.4. The van der Waals surface area contributed by atoms with Crippen molar-refractivity contribution in [3.05, 3.63) is 94.5 Å². The molecule has 1 N–H and O–H groups in total. The predicted molar refractivity (Wildman–Crippen MR) is 135 cm³/mol. The van der Waals surface area contributed by atoms with Crippen LogP contribution in [-0.2, 0) is 4.79 Å². The number of amides is 2. The standard InChI is InChI=1S/C27H24N4O2S/c1-17-8-13-23(14-18(17)2)31-16-22(15-24(31)32)26-29-30-27(34-26)28-25(33)21-11-9-20(10-12-21)19-6-4-3-5-7-19/h3-14,22H,15-16H2,1-2H3,(H,28,30,33). The van der Waals surface area contributed by atoms with Gasteiger partial charge in [-0.05, 0) is 60.4 Å². The molecule has 6 nitrogen and oxygen atoms in total. The molecule has 1 unspecified atom stereocenters. The second-order valence-corrected chi connectivity index (χ2v) is 9.53. The SMILES string of the molecule is Cc1ccc(N2CC(c3nnc(NC(=O)c4ccc(-c5ccccc5)cc4)s3)CC2=O)cc1C. The first-order valence-corrected chi connectivity index (χ1v) is 12.0. The number of rotatable bonds is 5. The summed E-state index contributed by atoms with van der Waals surface area (Å²) in [6, 6.07) is 23.6. The van der Waals surface area contributed by atoms with Crippen LogP contribution in [0.25, 0.3) is 11.1 Å². The zero-order valence-corrected chi connectivity index (χ0v) is 19.8. The van der Waals surface area contributed by atoms with E-state index in [2.05, 4.69) is 22.4 Å². The fraction of sp³-hybridized carbons (Fsp3) is 0.185. The number of aromatic nitrogens is 2. The molecule has 0 spiro atoms. The molecule has 0 bridgehead atoms. The van der Waals surface area contributed by atoms with Gasteiger partial charge in [0, 0.05) is 30.1 Å². The molecule has 2 heterocycles. The van der Waals surface area contributed by atoms with Crippen LogP contribution in [0.15, 0.2) is 72.8 Å². The van der Waals surface area contributed by atoms with Crippen LogP contribution in [-0.4, -0.2) is 28.6 Å². The fourth-order valence-electron chi connectivity index (χ4n) is 4.08. The summed E-state index contributed by atoms with van der Waals surface area (Å²) in [6.07, 6.45) is 0.385. The van der Waals surface area contributed by atoms with Crippen LogP contribution in [0.2, 0.25) is 0 Å². The summed E-state index contributed by atoms with van der Waals surface area (Å²) >= 11 is 1.32. The number of aryl methyl sites for hydroxylation is 2. The molecular weight excluding hydrogens is 444 g/mol. The van der Waals surface area contributed by atoms with Gasteiger partial charge < -0.3 is 4.90 Å². The lowest BCUT2D eigenvalue weighted by atomic mass is 10.0. The van der Waals surface area contributed by atoms with E-state index in [1.54, 1.807) is 12.1 Å². The maximum Gasteiger partial charge on any atom is 0.257 e. The first-order chi connectivity index (χ1) is 16.5. The van der Waals surface area contributed by atoms with Crippen LogP contribution in [0.4, 0.5) is 10.8 Å². The summed E-state index contributed by atoms with van der Waals surface area (Å²) in [7, 11) is 0. The van der Waals surface area contributed by atoms with Crippen molar-refractivity contribution in [1.29, 1.82) is 0 Å². The third-order valence-electron chi connectivity index (χ3n) is 6.19. The molecular formula is C27H24N4O2S. The van der Waals surface area contributed by atoms with Crippen molar-refractivity contribution in [3.8, 4) is 11.1 Å². The van der Waals surface area contributed by atoms with Gasteiger partial charge in [0.05, 0.1) is 0 Å². The normalized spacial score (nSPS) is 15.5. The van der Waals surface area contributed by atoms with Crippen LogP contribution in [0.1, 0.15) is 38.8 Å². The van der Waals surface area contributed by atoms with Gasteiger partial charge in [0.1, 0.15) is 5.01 Å². The predicted octanol–water partition coefficient (Wildman–Crippen LogP) is 5.59. The molecule has 7 heteroatoms. The van der Waals surface area contributed by atoms with Gasteiger partial charge in [-0.1, -0.05) is 59.9 Å². The van der Waals surface area contributed by atoms with Gasteiger partial charge >= 0.3 is 0 Å². The van der Waals surface area contributed by atoms with Crippen LogP contribution >= 0.6 is 11.3 Å². The largest absolute Gasteiger partial charge is 0.312 e. The summed E-state index contributed by atoms with van der Waals surface area (Å²) in [5.74, 6) is -0.198. The van der Waals surface area contributed by atoms with E-state index in [0.29, 0.717) is 23.7 Å². The van der Waals surface area contributed by atoms with Gasteiger partial charge in [-0.3, -0.25) is 14.9 Å². The van der Waals surface area contributed by atoms with E-state index in [-0.39, 0.29) is 17.7 Å². The number of hydrogen-bond acceptors (Lipinski definition) is 5. The van der Waals surface area contributed by atoms with Gasteiger partial charge in [-0.2, -0.15) is 0 Å². The molecule has 1 atom stereocenters. The Hall–Kier alpha value is -3.84. The Balaban J connectivity index is 1.25. The zero-order valence-electron chi connectivity index (χ0n) is 19.0. The Morgan fingerprint density at radius 3 is 2.41 bits per heavy atom. The van der Waals surface area contributed by atoms with Crippen molar-refractivity contribution < 1.29 is 9.59 Å². The molecule has 1 saturated heterocycles. The highest BCUT2D eigenvalue weighted by molar-refractivity contribution is 7.15. The second-order valence-electron chi connectivity index (χ2n) is 8.52. The minimum absolute atomic E-state index is 0.0394. The van der Waals surface area contributed by atoms with Crippen LogP contribution in [0.5, 0.6) is 0 Å². The molecule has 0 aliphatic carbocycles. The lowest BCUT2D eigenvalue weighted by Gasteiger charge is -2.17. The van der Waals surface area contributed by atoms with Crippen LogP contribution in [0.3, 0.4) is 0 Å². The minimum Gasteiger partial charge on any atom is -0.312 e. The molecule has 170 valence electrons. The molecule has 2 amide bonds. The van der Waals surface area contributed by atoms with Crippen molar-refractivity contribution in [2.45, 2.75) is 26.2 Å². The summed E-state index contributed by atoms with van der Waals surface area (Å²) in [6.45, 7) is 4.67. The van der Waals surface area contributed by atoms with Gasteiger partial charge in [0.15, 0.2) is 0 Å². The van der Waals surface area contributed by atoms with Gasteiger partial charge in [0.25, 0.3) is 5.91 Å². The molecule has 0 saturated carbocycles. The lowest BCUT2D eigenvalue weighted by Crippen LogP contribution is -2.24. The number of anilines is 2. The zero-order chi connectivity index (χ0) is 23.7. The fourth-order valence-corrected chi connectivity index (χ4v) is 4.91. The molecule has 1 fully saturated rings. The van der Waals surface area contributed by atoms with E-state index in [0.717, 1.165) is 27.4 Å². The molecule has 34 heavy (non-hydrogen) atoms. The molecule has 4 aromatic rings. The Bertz CT molecular complexity index is 1350. The highest BCUT2D eigenvalue weighted by atomic mass is 32.1. The van der Waals surface area contributed by atoms with Crippen LogP contribution < -0.4 is 10.2 Å². The Kier molecular flexibility index (Phi) is 5.94. The van der Waals surface area contributed by atoms with Crippen molar-refractivity contribution in [3.63, 3.8) is 0 Å². The topological polar surface area (TPSA) is 75.2 Å². The molecule has 1 aliphatic heterocycles. The highest BCUT2D eigenvalue weighted by Gasteiger charge is 2.34. The van der Waals surface area contributed by atoms with Crippen molar-refractivity contribution in [1.82, 2.24) is 10.2 Å². The lowest BCUT2D eigenvalue weighted by molar-refractivity contribution is -0.117. The van der Waals surface area contributed by atoms with Gasteiger partial charge in [-0.15, -0.1) is 10.2 Å². The average Bonchev–Trinajstić information content (AvgIpc) is 3.48. The minimum atomic E-state index is -0.235. The Morgan fingerprint density at radius 2 is 1.68 bits per heavy atom. The van der Waals surface area contributed by atoms with Crippen molar-refractivity contribution in [2.24, 2.45) is 0 Å². The van der Waals surface area contributed by atoms with Crippen LogP contribution in [0, 0.1) is 13.8 Å². The quantitative estimate of drug-likeness (QED) is 0.414. The van der Waals surface area contributed by atoms with E-state index in [4.69, 9.17) is 0 Å². The van der Waals surface area contributed by atoms with E-state index in [1.807, 2.05) is 72.5 Å². The molecule has 1 aliphatic rings. The Morgan fingerprint density at radius 1 is 0.941 bits per heavy atom. The third-order valence-corrected chi connectivity index (χ3v) is 7.19. The second kappa shape index (κ2) is 9.19. The highest BCUT2D eigenvalue weighted by Crippen LogP contribution is 2.35. The smallest absolute Gasteiger partial charge is 0.257 e. The average molecular weight is 469 g/mol. The monoisotopic (exact) mass is 468 g/mol. The third kappa shape index (κ3) is 4.47. The van der Waals surface area contributed by atoms with Crippen molar-refractivity contribution >= 4 is 34.0 Å².